The smallest absolute Gasteiger partial charge is 0.351 e. The molecule has 1 fully saturated rings. The fraction of sp³-hybridized carbons (Fsp3) is 0.217. The van der Waals surface area contributed by atoms with Crippen LogP contribution in [0.1, 0.15) is 33.9 Å². The largest absolute Gasteiger partial charge is 0.381 e. The number of nitrogens with zero attached hydrogens (tertiary/aromatic N) is 2. The van der Waals surface area contributed by atoms with Crippen molar-refractivity contribution in [2.45, 2.75) is 30.5 Å². The van der Waals surface area contributed by atoms with Crippen molar-refractivity contribution in [2.75, 3.05) is 5.73 Å². The minimum atomic E-state index is -3.03. The lowest BCUT2D eigenvalue weighted by Gasteiger charge is -2.38. The van der Waals surface area contributed by atoms with Gasteiger partial charge in [0, 0.05) is 11.1 Å². The summed E-state index contributed by atoms with van der Waals surface area (Å²) < 4.78 is 20.3. The first-order valence-electron chi connectivity index (χ1n) is 9.96. The number of Topliss-reactive ketones (excluding diaryl/α,β-unsaturated/α-hetero) is 2. The van der Waals surface area contributed by atoms with Crippen molar-refractivity contribution in [3.8, 4) is 0 Å². The molecule has 0 radical (unpaired) electrons. The van der Waals surface area contributed by atoms with Gasteiger partial charge in [-0.05, 0) is 6.92 Å². The van der Waals surface area contributed by atoms with Crippen LogP contribution >= 0.6 is 0 Å². The van der Waals surface area contributed by atoms with Gasteiger partial charge in [0.15, 0.2) is 23.5 Å². The molecule has 0 unspecified atom stereocenters. The minimum absolute atomic E-state index is 0.00987. The van der Waals surface area contributed by atoms with Gasteiger partial charge in [0.05, 0.1) is 12.3 Å². The number of ketones is 2. The Hall–Kier alpha value is -3.73. The Balaban J connectivity index is 1.97. The molecule has 3 aromatic rings. The Morgan fingerprint density at radius 3 is 2.00 bits per heavy atom. The Labute approximate surface area is 186 Å². The first kappa shape index (κ1) is 22.5. The molecule has 9 nitrogen and oxygen atoms in total. The van der Waals surface area contributed by atoms with E-state index in [1.165, 1.54) is 55.5 Å². The van der Waals surface area contributed by atoms with Crippen LogP contribution in [0.4, 0.5) is 10.2 Å². The summed E-state index contributed by atoms with van der Waals surface area (Å²) in [6, 6.07) is 14.9. The van der Waals surface area contributed by atoms with Crippen LogP contribution < -0.4 is 11.4 Å². The molecule has 4 N–H and O–H groups in total. The van der Waals surface area contributed by atoms with Crippen molar-refractivity contribution in [1.29, 1.82) is 0 Å². The lowest BCUT2D eigenvalue weighted by Crippen LogP contribution is -2.66. The SMILES string of the molecule is C[C@H]1O[C@@H](n2cc(F)c(N)nc2=O)[C@@](O)(C(=O)c2ccccc2)[C@@]1(O)C(=O)c1ccccc1. The van der Waals surface area contributed by atoms with E-state index in [9.17, 15) is 29.0 Å². The zero-order valence-electron chi connectivity index (χ0n) is 17.4. The van der Waals surface area contributed by atoms with E-state index in [2.05, 4.69) is 4.98 Å². The molecule has 10 heteroatoms. The zero-order valence-corrected chi connectivity index (χ0v) is 17.4. The van der Waals surface area contributed by atoms with Crippen LogP contribution in [0.25, 0.3) is 0 Å². The van der Waals surface area contributed by atoms with Gasteiger partial charge in [-0.1, -0.05) is 60.7 Å². The molecule has 1 aromatic heterocycles. The minimum Gasteiger partial charge on any atom is -0.381 e. The van der Waals surface area contributed by atoms with E-state index in [1.54, 1.807) is 12.1 Å². The van der Waals surface area contributed by atoms with Gasteiger partial charge in [-0.2, -0.15) is 4.98 Å². The van der Waals surface area contributed by atoms with Gasteiger partial charge in [-0.3, -0.25) is 14.2 Å². The molecule has 0 spiro atoms. The maximum absolute atomic E-state index is 14.2. The molecule has 4 rings (SSSR count). The maximum Gasteiger partial charge on any atom is 0.351 e. The Morgan fingerprint density at radius 2 is 1.48 bits per heavy atom. The van der Waals surface area contributed by atoms with Crippen LogP contribution in [0.3, 0.4) is 0 Å². The van der Waals surface area contributed by atoms with E-state index >= 15 is 0 Å². The summed E-state index contributed by atoms with van der Waals surface area (Å²) in [7, 11) is 0. The molecule has 4 atom stereocenters. The number of anilines is 1. The number of benzene rings is 2. The van der Waals surface area contributed by atoms with Gasteiger partial charge in [0.1, 0.15) is 0 Å². The molecule has 2 aromatic carbocycles. The number of hydrogen-bond donors (Lipinski definition) is 3. The molecular formula is C23H20FN3O6. The van der Waals surface area contributed by atoms with E-state index in [-0.39, 0.29) is 11.1 Å². The molecule has 0 saturated carbocycles. The van der Waals surface area contributed by atoms with Crippen LogP contribution in [0, 0.1) is 5.82 Å². The maximum atomic E-state index is 14.2. The summed E-state index contributed by atoms with van der Waals surface area (Å²) in [5, 5.41) is 23.5. The highest BCUT2D eigenvalue weighted by Gasteiger charge is 2.72. The highest BCUT2D eigenvalue weighted by atomic mass is 19.1. The van der Waals surface area contributed by atoms with E-state index in [0.29, 0.717) is 10.8 Å². The third kappa shape index (κ3) is 3.27. The average Bonchev–Trinajstić information content (AvgIpc) is 3.04. The fourth-order valence-corrected chi connectivity index (χ4v) is 4.04. The Kier molecular flexibility index (Phi) is 5.44. The molecule has 2 heterocycles. The van der Waals surface area contributed by atoms with E-state index in [1.807, 2.05) is 0 Å². The second-order valence-electron chi connectivity index (χ2n) is 7.72. The topological polar surface area (TPSA) is 145 Å². The lowest BCUT2D eigenvalue weighted by molar-refractivity contribution is -0.105. The number of carbonyl (C=O) groups is 2. The molecule has 0 aliphatic carbocycles. The number of aliphatic hydroxyl groups is 2. The molecule has 1 aliphatic heterocycles. The van der Waals surface area contributed by atoms with Crippen molar-refractivity contribution < 1.29 is 28.9 Å². The van der Waals surface area contributed by atoms with Crippen LogP contribution in [-0.2, 0) is 4.74 Å². The molecule has 170 valence electrons. The highest BCUT2D eigenvalue weighted by Crippen LogP contribution is 2.48. The molecule has 33 heavy (non-hydrogen) atoms. The first-order chi connectivity index (χ1) is 15.6. The van der Waals surface area contributed by atoms with Crippen LogP contribution in [0.5, 0.6) is 0 Å². The van der Waals surface area contributed by atoms with E-state index in [0.717, 1.165) is 0 Å². The number of halogens is 1. The van der Waals surface area contributed by atoms with Crippen molar-refractivity contribution in [1.82, 2.24) is 9.55 Å². The summed E-state index contributed by atoms with van der Waals surface area (Å²) in [5.74, 6) is -3.93. The van der Waals surface area contributed by atoms with Gasteiger partial charge >= 0.3 is 5.69 Å². The quantitative estimate of drug-likeness (QED) is 0.487. The fourth-order valence-electron chi connectivity index (χ4n) is 4.04. The third-order valence-corrected chi connectivity index (χ3v) is 5.81. The summed E-state index contributed by atoms with van der Waals surface area (Å²) in [5.41, 5.74) is -1.77. The standard InChI is InChI=1S/C23H20FN3O6/c1-13-22(31,17(28)14-8-4-2-5-9-14)23(32,18(29)15-10-6-3-7-11-15)20(33-13)27-12-16(24)19(25)26-21(27)30/h2-13,20,31-32H,1H3,(H2,25,26,30)/t13-,20-,22+,23+/m1/s1. The van der Waals surface area contributed by atoms with Crippen LogP contribution in [0.15, 0.2) is 71.7 Å². The Bertz CT molecular complexity index is 1280. The number of rotatable bonds is 5. The molecule has 0 bridgehead atoms. The summed E-state index contributed by atoms with van der Waals surface area (Å²) in [6.07, 6.45) is -2.88. The summed E-state index contributed by atoms with van der Waals surface area (Å²) in [6.45, 7) is 1.26. The van der Waals surface area contributed by atoms with Gasteiger partial charge in [-0.25, -0.2) is 9.18 Å². The predicted molar refractivity (Wildman–Crippen MR) is 114 cm³/mol. The van der Waals surface area contributed by atoms with Crippen molar-refractivity contribution in [3.63, 3.8) is 0 Å². The zero-order chi connectivity index (χ0) is 24.0. The number of ether oxygens (including phenoxy) is 1. The summed E-state index contributed by atoms with van der Waals surface area (Å²) >= 11 is 0. The number of carbonyl (C=O) groups excluding carboxylic acids is 2. The molecule has 1 aliphatic rings. The van der Waals surface area contributed by atoms with Gasteiger partial charge in [0.2, 0.25) is 17.2 Å². The molecule has 1 saturated heterocycles. The van der Waals surface area contributed by atoms with E-state index < -0.39 is 52.4 Å². The van der Waals surface area contributed by atoms with Gasteiger partial charge < -0.3 is 20.7 Å². The predicted octanol–water partition coefficient (Wildman–Crippen LogP) is 1.11. The summed E-state index contributed by atoms with van der Waals surface area (Å²) in [4.78, 5) is 42.9. The van der Waals surface area contributed by atoms with Crippen molar-refractivity contribution >= 4 is 17.4 Å². The van der Waals surface area contributed by atoms with Crippen molar-refractivity contribution in [2.24, 2.45) is 0 Å². The monoisotopic (exact) mass is 453 g/mol. The van der Waals surface area contributed by atoms with E-state index in [4.69, 9.17) is 10.5 Å². The number of aromatic nitrogens is 2. The van der Waals surface area contributed by atoms with Gasteiger partial charge in [-0.15, -0.1) is 0 Å². The first-order valence-corrected chi connectivity index (χ1v) is 9.96. The molecule has 0 amide bonds. The molecular weight excluding hydrogens is 433 g/mol. The van der Waals surface area contributed by atoms with Gasteiger partial charge in [0.25, 0.3) is 0 Å². The van der Waals surface area contributed by atoms with Crippen molar-refractivity contribution in [3.05, 3.63) is 94.3 Å². The lowest BCUT2D eigenvalue weighted by atomic mass is 9.71. The second kappa shape index (κ2) is 8.00. The Morgan fingerprint density at radius 1 is 1.00 bits per heavy atom. The van der Waals surface area contributed by atoms with Crippen LogP contribution in [-0.4, -0.2) is 48.6 Å². The number of nitrogen functional groups attached to an aromatic ring is 1. The number of hydrogen-bond acceptors (Lipinski definition) is 8. The highest BCUT2D eigenvalue weighted by molar-refractivity contribution is 6.13. The number of nitrogens with two attached hydrogens (primary N) is 1. The average molecular weight is 453 g/mol. The van der Waals surface area contributed by atoms with Crippen LogP contribution in [0.2, 0.25) is 0 Å². The normalized spacial score (nSPS) is 26.8. The second-order valence-corrected chi connectivity index (χ2v) is 7.72. The third-order valence-electron chi connectivity index (χ3n) is 5.81.